The van der Waals surface area contributed by atoms with Gasteiger partial charge < -0.3 is 4.74 Å². The van der Waals surface area contributed by atoms with E-state index in [0.29, 0.717) is 15.2 Å². The number of aliphatic imine (C=N–C) groups is 1. The number of hydrogen-bond donors (Lipinski definition) is 0. The molecule has 3 heteroatoms. The van der Waals surface area contributed by atoms with E-state index in [2.05, 4.69) is 109 Å². The summed E-state index contributed by atoms with van der Waals surface area (Å²) in [6.07, 6.45) is 3.04. The SMILES string of the molecule is CCC(C)(Pc1c(C)cccc1/C=N/c1ccccc1)c1cc(C(C)(C)C)cc(C)c1OCc1ccccc1. The van der Waals surface area contributed by atoms with E-state index in [1.165, 1.54) is 38.7 Å². The smallest absolute Gasteiger partial charge is 0.126 e. The van der Waals surface area contributed by atoms with E-state index in [-0.39, 0.29) is 10.6 Å². The van der Waals surface area contributed by atoms with Gasteiger partial charge in [0, 0.05) is 22.5 Å². The summed E-state index contributed by atoms with van der Waals surface area (Å²) in [5.41, 5.74) is 8.55. The maximum atomic E-state index is 6.65. The van der Waals surface area contributed by atoms with Crippen LogP contribution >= 0.6 is 8.58 Å². The summed E-state index contributed by atoms with van der Waals surface area (Å²) in [6, 6.07) is 31.9. The lowest BCUT2D eigenvalue weighted by Gasteiger charge is -2.34. The Labute approximate surface area is 237 Å². The van der Waals surface area contributed by atoms with Crippen molar-refractivity contribution in [2.75, 3.05) is 0 Å². The van der Waals surface area contributed by atoms with E-state index >= 15 is 0 Å². The van der Waals surface area contributed by atoms with Gasteiger partial charge in [-0.25, -0.2) is 0 Å². The molecule has 0 fully saturated rings. The summed E-state index contributed by atoms with van der Waals surface area (Å²) in [5, 5.41) is 1.27. The predicted molar refractivity (Wildman–Crippen MR) is 171 cm³/mol. The summed E-state index contributed by atoms with van der Waals surface area (Å²) >= 11 is 0. The minimum absolute atomic E-state index is 0.0470. The molecule has 2 atom stereocenters. The van der Waals surface area contributed by atoms with E-state index in [1.54, 1.807) is 0 Å². The molecule has 2 unspecified atom stereocenters. The molecule has 0 aromatic heterocycles. The largest absolute Gasteiger partial charge is 0.488 e. The highest BCUT2D eigenvalue weighted by molar-refractivity contribution is 7.49. The number of para-hydroxylation sites is 1. The van der Waals surface area contributed by atoms with Gasteiger partial charge in [-0.05, 0) is 65.4 Å². The fourth-order valence-electron chi connectivity index (χ4n) is 4.79. The molecule has 4 aromatic carbocycles. The summed E-state index contributed by atoms with van der Waals surface area (Å²) in [6.45, 7) is 16.6. The van der Waals surface area contributed by atoms with Crippen LogP contribution < -0.4 is 10.0 Å². The Morgan fingerprint density at radius 2 is 1.46 bits per heavy atom. The maximum absolute atomic E-state index is 6.65. The van der Waals surface area contributed by atoms with Crippen LogP contribution in [0.1, 0.15) is 74.4 Å². The molecular formula is C36H42NOP. The van der Waals surface area contributed by atoms with Crippen LogP contribution in [0.25, 0.3) is 0 Å². The average Bonchev–Trinajstić information content (AvgIpc) is 2.93. The number of hydrogen-bond acceptors (Lipinski definition) is 2. The van der Waals surface area contributed by atoms with Crippen molar-refractivity contribution < 1.29 is 4.74 Å². The van der Waals surface area contributed by atoms with Crippen LogP contribution in [-0.4, -0.2) is 6.21 Å². The van der Waals surface area contributed by atoms with Gasteiger partial charge in [0.2, 0.25) is 0 Å². The van der Waals surface area contributed by atoms with E-state index in [9.17, 15) is 0 Å². The van der Waals surface area contributed by atoms with Crippen molar-refractivity contribution in [3.8, 4) is 5.75 Å². The van der Waals surface area contributed by atoms with Gasteiger partial charge in [0.1, 0.15) is 12.4 Å². The Balaban J connectivity index is 1.78. The standard InChI is InChI=1S/C36H42NOP/c1-8-36(7,39-34-26(2)16-15-19-29(34)24-37-31-20-13-10-14-21-31)32-23-30(35(4,5)6)22-27(3)33(32)38-25-28-17-11-9-12-18-28/h9-24,39H,8,25H2,1-7H3/b37-24+. The second-order valence-electron chi connectivity index (χ2n) is 11.6. The summed E-state index contributed by atoms with van der Waals surface area (Å²) < 4.78 is 6.65. The molecule has 0 amide bonds. The predicted octanol–water partition coefficient (Wildman–Crippen LogP) is 9.56. The van der Waals surface area contributed by atoms with Crippen molar-refractivity contribution >= 4 is 25.8 Å². The molecule has 0 radical (unpaired) electrons. The Bertz CT molecular complexity index is 1420. The van der Waals surface area contributed by atoms with Crippen molar-refractivity contribution in [3.05, 3.63) is 124 Å². The molecule has 0 heterocycles. The van der Waals surface area contributed by atoms with E-state index in [1.807, 2.05) is 36.5 Å². The van der Waals surface area contributed by atoms with Crippen molar-refractivity contribution in [1.82, 2.24) is 0 Å². The molecule has 202 valence electrons. The fourth-order valence-corrected chi connectivity index (χ4v) is 6.41. The molecule has 0 spiro atoms. The highest BCUT2D eigenvalue weighted by Gasteiger charge is 2.32. The average molecular weight is 536 g/mol. The van der Waals surface area contributed by atoms with Gasteiger partial charge in [0.15, 0.2) is 0 Å². The Kier molecular flexibility index (Phi) is 9.08. The first-order valence-electron chi connectivity index (χ1n) is 13.9. The molecule has 0 bridgehead atoms. The van der Waals surface area contributed by atoms with Gasteiger partial charge in [-0.2, -0.15) is 0 Å². The first kappa shape index (κ1) is 28.8. The van der Waals surface area contributed by atoms with E-state index < -0.39 is 0 Å². The Morgan fingerprint density at radius 3 is 2.10 bits per heavy atom. The minimum Gasteiger partial charge on any atom is -0.488 e. The van der Waals surface area contributed by atoms with Gasteiger partial charge in [0.05, 0.1) is 5.69 Å². The third-order valence-electron chi connectivity index (χ3n) is 7.48. The van der Waals surface area contributed by atoms with Gasteiger partial charge in [-0.1, -0.05) is 122 Å². The van der Waals surface area contributed by atoms with Crippen LogP contribution in [0.2, 0.25) is 0 Å². The molecule has 0 aliphatic rings. The number of aryl methyl sites for hydroxylation is 2. The van der Waals surface area contributed by atoms with Crippen molar-refractivity contribution in [1.29, 1.82) is 0 Å². The lowest BCUT2D eigenvalue weighted by atomic mass is 9.82. The zero-order valence-electron chi connectivity index (χ0n) is 24.5. The number of rotatable bonds is 9. The molecule has 0 N–H and O–H groups in total. The third kappa shape index (κ3) is 7.06. The second-order valence-corrected chi connectivity index (χ2v) is 13.5. The maximum Gasteiger partial charge on any atom is 0.126 e. The van der Waals surface area contributed by atoms with Gasteiger partial charge >= 0.3 is 0 Å². The Morgan fingerprint density at radius 1 is 0.795 bits per heavy atom. The number of nitrogens with zero attached hydrogens (tertiary/aromatic N) is 1. The number of benzene rings is 4. The summed E-state index contributed by atoms with van der Waals surface area (Å²) in [4.78, 5) is 4.80. The molecule has 2 nitrogen and oxygen atoms in total. The zero-order valence-corrected chi connectivity index (χ0v) is 25.5. The lowest BCUT2D eigenvalue weighted by Crippen LogP contribution is -2.24. The highest BCUT2D eigenvalue weighted by Crippen LogP contribution is 2.50. The highest BCUT2D eigenvalue weighted by atomic mass is 31.1. The van der Waals surface area contributed by atoms with E-state index in [0.717, 1.165) is 17.9 Å². The third-order valence-corrected chi connectivity index (χ3v) is 9.59. The van der Waals surface area contributed by atoms with Crippen LogP contribution in [0.4, 0.5) is 5.69 Å². The van der Waals surface area contributed by atoms with Gasteiger partial charge in [-0.3, -0.25) is 4.99 Å². The van der Waals surface area contributed by atoms with Crippen LogP contribution in [-0.2, 0) is 17.2 Å². The molecule has 0 aliphatic heterocycles. The summed E-state index contributed by atoms with van der Waals surface area (Å²) in [5.74, 6) is 1.02. The monoisotopic (exact) mass is 535 g/mol. The topological polar surface area (TPSA) is 21.6 Å². The van der Waals surface area contributed by atoms with Crippen LogP contribution in [0, 0.1) is 13.8 Å². The van der Waals surface area contributed by atoms with Gasteiger partial charge in [0.25, 0.3) is 0 Å². The summed E-state index contributed by atoms with van der Waals surface area (Å²) in [7, 11) is 0.563. The molecule has 0 aliphatic carbocycles. The Hall–Kier alpha value is -3.22. The van der Waals surface area contributed by atoms with Gasteiger partial charge in [-0.15, -0.1) is 0 Å². The van der Waals surface area contributed by atoms with Crippen molar-refractivity contribution in [2.45, 2.75) is 72.1 Å². The van der Waals surface area contributed by atoms with Crippen LogP contribution in [0.15, 0.2) is 96.0 Å². The first-order chi connectivity index (χ1) is 18.6. The normalized spacial score (nSPS) is 13.7. The molecule has 4 aromatic rings. The van der Waals surface area contributed by atoms with E-state index in [4.69, 9.17) is 9.73 Å². The van der Waals surface area contributed by atoms with Crippen molar-refractivity contribution in [2.24, 2.45) is 4.99 Å². The molecule has 0 saturated carbocycles. The fraction of sp³-hybridized carbons (Fsp3) is 0.306. The molecule has 39 heavy (non-hydrogen) atoms. The second kappa shape index (κ2) is 12.3. The quantitative estimate of drug-likeness (QED) is 0.154. The van der Waals surface area contributed by atoms with Crippen LogP contribution in [0.3, 0.4) is 0 Å². The zero-order chi connectivity index (χ0) is 28.0. The molecular weight excluding hydrogens is 493 g/mol. The van der Waals surface area contributed by atoms with Crippen LogP contribution in [0.5, 0.6) is 5.75 Å². The number of ether oxygens (including phenoxy) is 1. The lowest BCUT2D eigenvalue weighted by molar-refractivity contribution is 0.297. The first-order valence-corrected chi connectivity index (χ1v) is 14.9. The minimum atomic E-state index is -0.0977. The molecule has 4 rings (SSSR count). The molecule has 0 saturated heterocycles. The van der Waals surface area contributed by atoms with Crippen molar-refractivity contribution in [3.63, 3.8) is 0 Å².